The molecule has 9 atom stereocenters. The number of nitrogens with zero attached hydrogens (tertiary/aromatic N) is 1. The van der Waals surface area contributed by atoms with Crippen LogP contribution in [0.2, 0.25) is 0 Å². The van der Waals surface area contributed by atoms with Crippen molar-refractivity contribution in [1.29, 1.82) is 0 Å². The van der Waals surface area contributed by atoms with Crippen LogP contribution in [-0.2, 0) is 0 Å². The Morgan fingerprint density at radius 1 is 1.07 bits per heavy atom. The van der Waals surface area contributed by atoms with Crippen LogP contribution in [0.15, 0.2) is 5.10 Å². The maximum absolute atomic E-state index is 10.2. The average molecular weight is 190 g/mol. The van der Waals surface area contributed by atoms with E-state index in [0.717, 1.165) is 23.7 Å². The summed E-state index contributed by atoms with van der Waals surface area (Å²) in [6.45, 7) is 0. The molecule has 0 amide bonds. The second kappa shape index (κ2) is 1.64. The lowest BCUT2D eigenvalue weighted by Crippen LogP contribution is -2.50. The number of hydrazone groups is 1. The van der Waals surface area contributed by atoms with Gasteiger partial charge in [-0.05, 0) is 41.9 Å². The van der Waals surface area contributed by atoms with E-state index in [-0.39, 0.29) is 6.10 Å². The van der Waals surface area contributed by atoms with Crippen LogP contribution in [-0.4, -0.2) is 16.9 Å². The van der Waals surface area contributed by atoms with Crippen LogP contribution in [0.5, 0.6) is 0 Å². The largest absolute Gasteiger partial charge is 0.392 e. The van der Waals surface area contributed by atoms with Crippen LogP contribution in [0.3, 0.4) is 0 Å². The minimum absolute atomic E-state index is 0.00532. The number of nitrogens with two attached hydrogens (primary N) is 1. The first kappa shape index (κ1) is 6.83. The van der Waals surface area contributed by atoms with Crippen LogP contribution < -0.4 is 5.84 Å². The van der Waals surface area contributed by atoms with Gasteiger partial charge in [0, 0.05) is 17.5 Å². The number of hydrogen-bond donors (Lipinski definition) is 2. The second-order valence-corrected chi connectivity index (χ2v) is 5.97. The summed E-state index contributed by atoms with van der Waals surface area (Å²) in [5.41, 5.74) is 1.29. The molecule has 0 aromatic carbocycles. The first-order chi connectivity index (χ1) is 6.84. The van der Waals surface area contributed by atoms with E-state index in [2.05, 4.69) is 5.10 Å². The molecule has 0 aliphatic heterocycles. The van der Waals surface area contributed by atoms with Gasteiger partial charge in [0.05, 0.1) is 6.10 Å². The highest BCUT2D eigenvalue weighted by Gasteiger charge is 2.82. The Kier molecular flexibility index (Phi) is 0.802. The van der Waals surface area contributed by atoms with Crippen molar-refractivity contribution in [3.63, 3.8) is 0 Å². The summed E-state index contributed by atoms with van der Waals surface area (Å²) in [6.07, 6.45) is 1.36. The Morgan fingerprint density at radius 3 is 2.71 bits per heavy atom. The zero-order chi connectivity index (χ0) is 9.19. The zero-order valence-corrected chi connectivity index (χ0v) is 7.88. The van der Waals surface area contributed by atoms with Crippen molar-refractivity contribution in [1.82, 2.24) is 0 Å². The number of fused-ring (bicyclic) bond motifs is 2. The molecule has 3 heteroatoms. The van der Waals surface area contributed by atoms with Crippen LogP contribution >= 0.6 is 0 Å². The molecule has 0 heterocycles. The summed E-state index contributed by atoms with van der Waals surface area (Å²) in [5.74, 6) is 11.2. The normalized spacial score (nSPS) is 77.8. The van der Waals surface area contributed by atoms with Crippen LogP contribution in [0.1, 0.15) is 6.42 Å². The van der Waals surface area contributed by atoms with E-state index in [0.29, 0.717) is 23.7 Å². The van der Waals surface area contributed by atoms with Gasteiger partial charge in [0.1, 0.15) is 0 Å². The minimum Gasteiger partial charge on any atom is -0.392 e. The summed E-state index contributed by atoms with van der Waals surface area (Å²) in [4.78, 5) is 0. The molecular formula is C11H14N2O. The van der Waals surface area contributed by atoms with Crippen molar-refractivity contribution < 1.29 is 5.11 Å². The van der Waals surface area contributed by atoms with Crippen molar-refractivity contribution in [2.45, 2.75) is 12.5 Å². The Morgan fingerprint density at radius 2 is 1.93 bits per heavy atom. The number of hydrogen-bond acceptors (Lipinski definition) is 3. The van der Waals surface area contributed by atoms with Crippen molar-refractivity contribution >= 4 is 5.71 Å². The van der Waals surface area contributed by atoms with Crippen molar-refractivity contribution in [3.8, 4) is 0 Å². The Labute approximate surface area is 82.4 Å². The number of aliphatic hydroxyl groups excluding tert-OH is 1. The van der Waals surface area contributed by atoms with Gasteiger partial charge in [-0.2, -0.15) is 5.10 Å². The van der Waals surface area contributed by atoms with Crippen molar-refractivity contribution in [3.05, 3.63) is 0 Å². The fraction of sp³-hybridized carbons (Fsp3) is 0.909. The fourth-order valence-electron chi connectivity index (χ4n) is 6.32. The maximum atomic E-state index is 10.2. The highest BCUT2D eigenvalue weighted by molar-refractivity contribution is 5.96. The predicted molar refractivity (Wildman–Crippen MR) is 50.2 cm³/mol. The van der Waals surface area contributed by atoms with E-state index in [4.69, 9.17) is 5.84 Å². The molecule has 0 saturated heterocycles. The van der Waals surface area contributed by atoms with E-state index < -0.39 is 0 Å². The van der Waals surface area contributed by atoms with Gasteiger partial charge in [0.25, 0.3) is 0 Å². The predicted octanol–water partition coefficient (Wildman–Crippen LogP) is 0.0497. The molecule has 5 aliphatic rings. The smallest absolute Gasteiger partial charge is 0.0615 e. The van der Waals surface area contributed by atoms with E-state index in [1.807, 2.05) is 0 Å². The van der Waals surface area contributed by atoms with Gasteiger partial charge in [-0.15, -0.1) is 0 Å². The lowest BCUT2D eigenvalue weighted by atomic mass is 9.59. The standard InChI is InChI=1S/C11H14N2O/c12-13-10-6-2-1-3-5-4(2)8(10)9(5)11(14)7(3)6/h2-9,11,14H,1,12H2/b13-10+. The molecule has 2 bridgehead atoms. The SMILES string of the molecule is N/N=C1\C2C3CC4C2C(O)C2C1C3C42. The van der Waals surface area contributed by atoms with Gasteiger partial charge in [0.2, 0.25) is 0 Å². The quantitative estimate of drug-likeness (QED) is 0.419. The molecule has 0 aromatic heterocycles. The number of rotatable bonds is 0. The summed E-state index contributed by atoms with van der Waals surface area (Å²) in [7, 11) is 0. The third kappa shape index (κ3) is 0.377. The summed E-state index contributed by atoms with van der Waals surface area (Å²) < 4.78 is 0. The minimum atomic E-state index is -0.00532. The number of aliphatic hydroxyl groups is 1. The third-order valence-corrected chi connectivity index (χ3v) is 6.24. The molecule has 5 rings (SSSR count). The lowest BCUT2D eigenvalue weighted by Gasteiger charge is -2.46. The van der Waals surface area contributed by atoms with Crippen LogP contribution in [0.25, 0.3) is 0 Å². The molecule has 0 aromatic rings. The molecule has 14 heavy (non-hydrogen) atoms. The molecule has 9 unspecified atom stereocenters. The Hall–Kier alpha value is -0.570. The van der Waals surface area contributed by atoms with Gasteiger partial charge in [-0.1, -0.05) is 0 Å². The molecule has 5 saturated carbocycles. The molecule has 5 aliphatic carbocycles. The van der Waals surface area contributed by atoms with E-state index in [1.165, 1.54) is 12.1 Å². The highest BCUT2D eigenvalue weighted by Crippen LogP contribution is 2.81. The maximum Gasteiger partial charge on any atom is 0.0615 e. The Balaban J connectivity index is 1.83. The van der Waals surface area contributed by atoms with Crippen molar-refractivity contribution in [2.75, 3.05) is 0 Å². The van der Waals surface area contributed by atoms with E-state index in [9.17, 15) is 5.11 Å². The van der Waals surface area contributed by atoms with E-state index in [1.54, 1.807) is 0 Å². The first-order valence-electron chi connectivity index (χ1n) is 5.80. The highest BCUT2D eigenvalue weighted by atomic mass is 16.3. The van der Waals surface area contributed by atoms with Gasteiger partial charge in [-0.3, -0.25) is 0 Å². The topological polar surface area (TPSA) is 58.6 Å². The Bertz CT molecular complexity index is 379. The second-order valence-electron chi connectivity index (χ2n) is 5.97. The van der Waals surface area contributed by atoms with Gasteiger partial charge in [-0.25, -0.2) is 0 Å². The molecule has 5 fully saturated rings. The van der Waals surface area contributed by atoms with Gasteiger partial charge in [0.15, 0.2) is 0 Å². The van der Waals surface area contributed by atoms with E-state index >= 15 is 0 Å². The molecule has 0 radical (unpaired) electrons. The molecule has 0 spiro atoms. The average Bonchev–Trinajstić information content (AvgIpc) is 2.62. The monoisotopic (exact) mass is 190 g/mol. The lowest BCUT2D eigenvalue weighted by molar-refractivity contribution is -0.0125. The van der Waals surface area contributed by atoms with Gasteiger partial charge < -0.3 is 10.9 Å². The molecule has 3 nitrogen and oxygen atoms in total. The first-order valence-corrected chi connectivity index (χ1v) is 5.80. The zero-order valence-electron chi connectivity index (χ0n) is 7.88. The molecule has 74 valence electrons. The van der Waals surface area contributed by atoms with Crippen LogP contribution in [0.4, 0.5) is 0 Å². The molecular weight excluding hydrogens is 176 g/mol. The summed E-state index contributed by atoms with van der Waals surface area (Å²) >= 11 is 0. The van der Waals surface area contributed by atoms with Gasteiger partial charge >= 0.3 is 0 Å². The molecule has 3 N–H and O–H groups in total. The summed E-state index contributed by atoms with van der Waals surface area (Å²) in [5, 5.41) is 14.3. The van der Waals surface area contributed by atoms with Crippen molar-refractivity contribution in [2.24, 2.45) is 58.3 Å². The summed E-state index contributed by atoms with van der Waals surface area (Å²) in [6, 6.07) is 0. The fourth-order valence-corrected chi connectivity index (χ4v) is 6.32. The van der Waals surface area contributed by atoms with Crippen LogP contribution in [0, 0.1) is 47.3 Å². The third-order valence-electron chi connectivity index (χ3n) is 6.24.